The normalized spacial score (nSPS) is 12.0. The highest BCUT2D eigenvalue weighted by Crippen LogP contribution is 2.16. The number of fused-ring (bicyclic) bond motifs is 1. The van der Waals surface area contributed by atoms with Gasteiger partial charge >= 0.3 is 5.97 Å². The molecular weight excluding hydrogens is 268 g/mol. The van der Waals surface area contributed by atoms with Gasteiger partial charge in [-0.2, -0.15) is 0 Å². The van der Waals surface area contributed by atoms with Crippen LogP contribution in [0.4, 0.5) is 0 Å². The second-order valence-electron chi connectivity index (χ2n) is 4.97. The number of aryl methyl sites for hydroxylation is 1. The first kappa shape index (κ1) is 15.0. The average molecular weight is 286 g/mol. The number of nitrogens with zero attached hydrogens (tertiary/aromatic N) is 1. The smallest absolute Gasteiger partial charge is 0.307 e. The van der Waals surface area contributed by atoms with E-state index in [0.29, 0.717) is 11.3 Å². The monoisotopic (exact) mass is 286 g/mol. The molecule has 1 heterocycles. The number of carbonyl (C=O) groups excluding carboxylic acids is 2. The zero-order valence-corrected chi connectivity index (χ0v) is 12.3. The second-order valence-corrected chi connectivity index (χ2v) is 4.97. The molecule has 2 aromatic rings. The van der Waals surface area contributed by atoms with Gasteiger partial charge in [0, 0.05) is 11.4 Å². The standard InChI is InChI=1S/C16H18N2O3/c1-10(8-15(19)21-3)17-16(20)13-9-12-6-4-5-7-14(12)18-11(13)2/h4-7,9-10H,8H2,1-3H3,(H,17,20). The molecule has 0 aliphatic heterocycles. The van der Waals surface area contributed by atoms with Gasteiger partial charge in [-0.1, -0.05) is 18.2 Å². The van der Waals surface area contributed by atoms with Gasteiger partial charge in [-0.25, -0.2) is 0 Å². The molecule has 21 heavy (non-hydrogen) atoms. The largest absolute Gasteiger partial charge is 0.469 e. The van der Waals surface area contributed by atoms with Gasteiger partial charge in [-0.3, -0.25) is 14.6 Å². The Balaban J connectivity index is 2.19. The molecule has 0 radical (unpaired) electrons. The third-order valence-corrected chi connectivity index (χ3v) is 3.24. The number of carbonyl (C=O) groups is 2. The van der Waals surface area contributed by atoms with Crippen molar-refractivity contribution in [1.29, 1.82) is 0 Å². The average Bonchev–Trinajstić information content (AvgIpc) is 2.46. The fourth-order valence-electron chi connectivity index (χ4n) is 2.13. The van der Waals surface area contributed by atoms with Crippen LogP contribution in [-0.4, -0.2) is 30.0 Å². The van der Waals surface area contributed by atoms with E-state index < -0.39 is 0 Å². The van der Waals surface area contributed by atoms with Crippen molar-refractivity contribution >= 4 is 22.8 Å². The van der Waals surface area contributed by atoms with Crippen molar-refractivity contribution in [3.8, 4) is 0 Å². The molecule has 1 amide bonds. The van der Waals surface area contributed by atoms with Gasteiger partial charge in [0.2, 0.25) is 0 Å². The first-order valence-electron chi connectivity index (χ1n) is 6.75. The number of esters is 1. The third-order valence-electron chi connectivity index (χ3n) is 3.24. The molecule has 1 N–H and O–H groups in total. The minimum absolute atomic E-state index is 0.141. The van der Waals surface area contributed by atoms with Crippen LogP contribution in [0.1, 0.15) is 29.4 Å². The summed E-state index contributed by atoms with van der Waals surface area (Å²) in [5.41, 5.74) is 2.04. The van der Waals surface area contributed by atoms with Crippen LogP contribution < -0.4 is 5.32 Å². The van der Waals surface area contributed by atoms with Gasteiger partial charge in [-0.15, -0.1) is 0 Å². The molecule has 2 rings (SSSR count). The van der Waals surface area contributed by atoms with E-state index in [2.05, 4.69) is 15.0 Å². The molecule has 0 fully saturated rings. The summed E-state index contributed by atoms with van der Waals surface area (Å²) in [6.07, 6.45) is 0.141. The number of para-hydroxylation sites is 1. The lowest BCUT2D eigenvalue weighted by molar-refractivity contribution is -0.141. The summed E-state index contributed by atoms with van der Waals surface area (Å²) in [7, 11) is 1.33. The minimum atomic E-state index is -0.351. The Labute approximate surface area is 123 Å². The number of rotatable bonds is 4. The molecule has 0 saturated heterocycles. The number of hydrogen-bond acceptors (Lipinski definition) is 4. The molecule has 5 nitrogen and oxygen atoms in total. The predicted octanol–water partition coefficient (Wildman–Crippen LogP) is 2.22. The highest BCUT2D eigenvalue weighted by molar-refractivity contribution is 5.98. The highest BCUT2D eigenvalue weighted by Gasteiger charge is 2.16. The predicted molar refractivity (Wildman–Crippen MR) is 80.0 cm³/mol. The fourth-order valence-corrected chi connectivity index (χ4v) is 2.13. The molecule has 0 aliphatic rings. The first-order chi connectivity index (χ1) is 10.0. The third kappa shape index (κ3) is 3.56. The molecule has 0 bridgehead atoms. The van der Waals surface area contributed by atoms with Crippen LogP contribution in [0.15, 0.2) is 30.3 Å². The van der Waals surface area contributed by atoms with Crippen LogP contribution in [-0.2, 0) is 9.53 Å². The molecule has 1 atom stereocenters. The van der Waals surface area contributed by atoms with Crippen LogP contribution in [0.25, 0.3) is 10.9 Å². The van der Waals surface area contributed by atoms with Crippen molar-refractivity contribution in [2.75, 3.05) is 7.11 Å². The van der Waals surface area contributed by atoms with E-state index in [9.17, 15) is 9.59 Å². The summed E-state index contributed by atoms with van der Waals surface area (Å²) in [5, 5.41) is 3.70. The Morgan fingerprint density at radius 1 is 1.33 bits per heavy atom. The van der Waals surface area contributed by atoms with Crippen molar-refractivity contribution in [3.05, 3.63) is 41.6 Å². The summed E-state index contributed by atoms with van der Waals surface area (Å²) >= 11 is 0. The van der Waals surface area contributed by atoms with Crippen molar-refractivity contribution in [3.63, 3.8) is 0 Å². The molecule has 0 saturated carbocycles. The number of nitrogens with one attached hydrogen (secondary N) is 1. The van der Waals surface area contributed by atoms with Gasteiger partial charge in [0.15, 0.2) is 0 Å². The van der Waals surface area contributed by atoms with Crippen LogP contribution in [0.3, 0.4) is 0 Å². The number of methoxy groups -OCH3 is 1. The minimum Gasteiger partial charge on any atom is -0.469 e. The highest BCUT2D eigenvalue weighted by atomic mass is 16.5. The van der Waals surface area contributed by atoms with Crippen molar-refractivity contribution in [1.82, 2.24) is 10.3 Å². The van der Waals surface area contributed by atoms with E-state index in [1.54, 1.807) is 13.8 Å². The lowest BCUT2D eigenvalue weighted by Crippen LogP contribution is -2.35. The van der Waals surface area contributed by atoms with Gasteiger partial charge in [0.1, 0.15) is 0 Å². The van der Waals surface area contributed by atoms with Crippen LogP contribution >= 0.6 is 0 Å². The maximum absolute atomic E-state index is 12.3. The SMILES string of the molecule is COC(=O)CC(C)NC(=O)c1cc2ccccc2nc1C. The molecule has 1 aromatic heterocycles. The maximum atomic E-state index is 12.3. The number of amides is 1. The van der Waals surface area contributed by atoms with Gasteiger partial charge in [0.25, 0.3) is 5.91 Å². The van der Waals surface area contributed by atoms with Crippen LogP contribution in [0.2, 0.25) is 0 Å². The molecule has 1 unspecified atom stereocenters. The van der Waals surface area contributed by atoms with E-state index in [1.165, 1.54) is 7.11 Å². The number of hydrogen-bond donors (Lipinski definition) is 1. The summed E-state index contributed by atoms with van der Waals surface area (Å²) in [6.45, 7) is 3.56. The van der Waals surface area contributed by atoms with Crippen LogP contribution in [0, 0.1) is 6.92 Å². The zero-order valence-electron chi connectivity index (χ0n) is 12.3. The van der Waals surface area contributed by atoms with Gasteiger partial charge < -0.3 is 10.1 Å². The molecule has 110 valence electrons. The van der Waals surface area contributed by atoms with E-state index in [1.807, 2.05) is 30.3 Å². The molecule has 0 spiro atoms. The van der Waals surface area contributed by atoms with E-state index >= 15 is 0 Å². The fraction of sp³-hybridized carbons (Fsp3) is 0.312. The number of ether oxygens (including phenoxy) is 1. The number of pyridine rings is 1. The number of benzene rings is 1. The van der Waals surface area contributed by atoms with Crippen molar-refractivity contribution in [2.45, 2.75) is 26.3 Å². The van der Waals surface area contributed by atoms with E-state index in [0.717, 1.165) is 10.9 Å². The Hall–Kier alpha value is -2.43. The van der Waals surface area contributed by atoms with Crippen LogP contribution in [0.5, 0.6) is 0 Å². The van der Waals surface area contributed by atoms with Crippen molar-refractivity contribution < 1.29 is 14.3 Å². The van der Waals surface area contributed by atoms with Crippen molar-refractivity contribution in [2.24, 2.45) is 0 Å². The quantitative estimate of drug-likeness (QED) is 0.875. The molecule has 5 heteroatoms. The molecular formula is C16H18N2O3. The lowest BCUT2D eigenvalue weighted by atomic mass is 10.1. The van der Waals surface area contributed by atoms with E-state index in [-0.39, 0.29) is 24.3 Å². The topological polar surface area (TPSA) is 68.3 Å². The van der Waals surface area contributed by atoms with Gasteiger partial charge in [-0.05, 0) is 26.0 Å². The second kappa shape index (κ2) is 6.35. The summed E-state index contributed by atoms with van der Waals surface area (Å²) in [5.74, 6) is -0.585. The summed E-state index contributed by atoms with van der Waals surface area (Å²) in [4.78, 5) is 27.9. The Morgan fingerprint density at radius 2 is 2.05 bits per heavy atom. The zero-order chi connectivity index (χ0) is 15.4. The maximum Gasteiger partial charge on any atom is 0.307 e. The van der Waals surface area contributed by atoms with E-state index in [4.69, 9.17) is 0 Å². The van der Waals surface area contributed by atoms with Gasteiger partial charge in [0.05, 0.1) is 30.3 Å². The first-order valence-corrected chi connectivity index (χ1v) is 6.75. The number of aromatic nitrogens is 1. The lowest BCUT2D eigenvalue weighted by Gasteiger charge is -2.14. The molecule has 0 aliphatic carbocycles. The summed E-state index contributed by atoms with van der Waals surface area (Å²) in [6, 6.07) is 9.15. The summed E-state index contributed by atoms with van der Waals surface area (Å²) < 4.78 is 4.59. The Bertz CT molecular complexity index is 682. The Kier molecular flexibility index (Phi) is 4.52. The molecule has 1 aromatic carbocycles. The Morgan fingerprint density at radius 3 is 2.76 bits per heavy atom.